The highest BCUT2D eigenvalue weighted by Gasteiger charge is 2.27. The van der Waals surface area contributed by atoms with E-state index in [1.807, 2.05) is 62.4 Å². The Morgan fingerprint density at radius 1 is 1.00 bits per heavy atom. The summed E-state index contributed by atoms with van der Waals surface area (Å²) < 4.78 is 0. The molecule has 0 spiro atoms. The maximum absolute atomic E-state index is 13.1. The Kier molecular flexibility index (Phi) is 6.65. The third kappa shape index (κ3) is 5.23. The Hall–Kier alpha value is -2.92. The summed E-state index contributed by atoms with van der Waals surface area (Å²) in [4.78, 5) is 27.8. The molecular weight excluding hydrogens is 406 g/mol. The Labute approximate surface area is 188 Å². The fraction of sp³-hybridized carbons (Fsp3) is 0.308. The smallest absolute Gasteiger partial charge is 0.348 e. The number of hydrogen-bond acceptors (Lipinski definition) is 3. The molecule has 1 N–H and O–H groups in total. The fourth-order valence-corrected chi connectivity index (χ4v) is 4.37. The molecule has 0 bridgehead atoms. The first-order valence-corrected chi connectivity index (χ1v) is 11.2. The second-order valence-electron chi connectivity index (χ2n) is 9.02. The van der Waals surface area contributed by atoms with Crippen molar-refractivity contribution in [2.45, 2.75) is 46.6 Å². The van der Waals surface area contributed by atoms with Gasteiger partial charge in [0.1, 0.15) is 4.88 Å². The van der Waals surface area contributed by atoms with Gasteiger partial charge in [-0.2, -0.15) is 0 Å². The van der Waals surface area contributed by atoms with Gasteiger partial charge in [0.05, 0.1) is 12.2 Å². The molecule has 4 nitrogen and oxygen atoms in total. The first-order chi connectivity index (χ1) is 14.6. The summed E-state index contributed by atoms with van der Waals surface area (Å²) in [5.74, 6) is -1.37. The highest BCUT2D eigenvalue weighted by atomic mass is 32.1. The number of carbonyl (C=O) groups excluding carboxylic acids is 1. The van der Waals surface area contributed by atoms with Gasteiger partial charge in [-0.1, -0.05) is 89.2 Å². The van der Waals surface area contributed by atoms with Gasteiger partial charge in [0, 0.05) is 10.8 Å². The Morgan fingerprint density at radius 3 is 2.13 bits per heavy atom. The van der Waals surface area contributed by atoms with Crippen LogP contribution in [0.1, 0.15) is 55.4 Å². The van der Waals surface area contributed by atoms with Crippen molar-refractivity contribution in [3.05, 3.63) is 76.7 Å². The molecule has 31 heavy (non-hydrogen) atoms. The van der Waals surface area contributed by atoms with E-state index in [-0.39, 0.29) is 22.1 Å². The lowest BCUT2D eigenvalue weighted by molar-refractivity contribution is -0.121. The number of amides is 1. The lowest BCUT2D eigenvalue weighted by Gasteiger charge is -2.25. The number of carboxylic acid groups (broad SMARTS) is 1. The number of nitrogens with zero attached hydrogens (tertiary/aromatic N) is 1. The van der Waals surface area contributed by atoms with Crippen LogP contribution in [0.2, 0.25) is 0 Å². The molecule has 1 aromatic heterocycles. The largest absolute Gasteiger partial charge is 0.477 e. The second kappa shape index (κ2) is 9.06. The van der Waals surface area contributed by atoms with Gasteiger partial charge >= 0.3 is 5.97 Å². The topological polar surface area (TPSA) is 57.6 Å². The minimum atomic E-state index is -1.02. The number of carboxylic acids is 1. The van der Waals surface area contributed by atoms with E-state index in [4.69, 9.17) is 0 Å². The van der Waals surface area contributed by atoms with Gasteiger partial charge < -0.3 is 10.0 Å². The Bertz CT molecular complexity index is 1060. The number of hydrogen-bond donors (Lipinski definition) is 1. The van der Waals surface area contributed by atoms with Crippen LogP contribution in [0.3, 0.4) is 0 Å². The van der Waals surface area contributed by atoms with E-state index in [2.05, 4.69) is 32.9 Å². The zero-order valence-electron chi connectivity index (χ0n) is 18.7. The zero-order valence-corrected chi connectivity index (χ0v) is 19.5. The molecule has 0 saturated heterocycles. The molecule has 2 aromatic carbocycles. The highest BCUT2D eigenvalue weighted by Crippen LogP contribution is 2.38. The number of carbonyl (C=O) groups is 2. The number of thiophene rings is 1. The van der Waals surface area contributed by atoms with E-state index in [9.17, 15) is 14.7 Å². The zero-order chi connectivity index (χ0) is 22.8. The van der Waals surface area contributed by atoms with E-state index < -0.39 is 5.97 Å². The number of aromatic carboxylic acids is 1. The molecular formula is C26H29NO3S. The van der Waals surface area contributed by atoms with Crippen molar-refractivity contribution in [1.29, 1.82) is 0 Å². The standard InChI is InChI=1S/C26H29NO3S/c1-17(2)24(28)27(16-18-11-13-20(14-12-18)26(3,4)5)21-15-22(31-23(21)25(29)30)19-9-7-6-8-10-19/h6-15,17H,16H2,1-5H3,(H,29,30). The van der Waals surface area contributed by atoms with Crippen molar-refractivity contribution in [2.75, 3.05) is 4.90 Å². The lowest BCUT2D eigenvalue weighted by Crippen LogP contribution is -2.34. The lowest BCUT2D eigenvalue weighted by atomic mass is 9.87. The molecule has 3 aromatic rings. The normalized spacial score (nSPS) is 11.5. The molecule has 0 atom stereocenters. The molecule has 0 unspecified atom stereocenters. The summed E-state index contributed by atoms with van der Waals surface area (Å²) in [6, 6.07) is 19.7. The van der Waals surface area contributed by atoms with Gasteiger partial charge in [0.25, 0.3) is 0 Å². The summed E-state index contributed by atoms with van der Waals surface area (Å²) in [7, 11) is 0. The molecule has 162 valence electrons. The average Bonchev–Trinajstić information content (AvgIpc) is 3.17. The Morgan fingerprint density at radius 2 is 1.61 bits per heavy atom. The van der Waals surface area contributed by atoms with Crippen LogP contribution in [-0.4, -0.2) is 17.0 Å². The summed E-state index contributed by atoms with van der Waals surface area (Å²) in [6.07, 6.45) is 0. The van der Waals surface area contributed by atoms with Crippen LogP contribution in [0.4, 0.5) is 5.69 Å². The highest BCUT2D eigenvalue weighted by molar-refractivity contribution is 7.18. The molecule has 1 amide bonds. The monoisotopic (exact) mass is 435 g/mol. The van der Waals surface area contributed by atoms with Crippen LogP contribution in [0, 0.1) is 5.92 Å². The maximum Gasteiger partial charge on any atom is 0.348 e. The second-order valence-corrected chi connectivity index (χ2v) is 10.1. The van der Waals surface area contributed by atoms with Crippen LogP contribution in [-0.2, 0) is 16.8 Å². The average molecular weight is 436 g/mol. The quantitative estimate of drug-likeness (QED) is 0.474. The summed E-state index contributed by atoms with van der Waals surface area (Å²) >= 11 is 1.20. The molecule has 1 heterocycles. The van der Waals surface area contributed by atoms with Gasteiger partial charge in [-0.25, -0.2) is 4.79 Å². The molecule has 0 saturated carbocycles. The third-order valence-corrected chi connectivity index (χ3v) is 6.34. The number of rotatable bonds is 6. The van der Waals surface area contributed by atoms with E-state index >= 15 is 0 Å². The van der Waals surface area contributed by atoms with Gasteiger partial charge in [0.2, 0.25) is 5.91 Å². The molecule has 0 fully saturated rings. The third-order valence-electron chi connectivity index (χ3n) is 5.18. The van der Waals surface area contributed by atoms with Crippen molar-refractivity contribution in [2.24, 2.45) is 5.92 Å². The van der Waals surface area contributed by atoms with Gasteiger partial charge in [0.15, 0.2) is 0 Å². The number of benzene rings is 2. The van der Waals surface area contributed by atoms with Crippen LogP contribution < -0.4 is 4.90 Å². The molecule has 5 heteroatoms. The van der Waals surface area contributed by atoms with Crippen LogP contribution in [0.15, 0.2) is 60.7 Å². The van der Waals surface area contributed by atoms with Crippen molar-refractivity contribution in [1.82, 2.24) is 0 Å². The molecule has 0 aliphatic rings. The molecule has 0 aliphatic heterocycles. The predicted octanol–water partition coefficient (Wildman–Crippen LogP) is 6.60. The summed E-state index contributed by atoms with van der Waals surface area (Å²) in [5.41, 5.74) is 3.61. The first-order valence-electron chi connectivity index (χ1n) is 10.4. The number of anilines is 1. The minimum Gasteiger partial charge on any atom is -0.477 e. The van der Waals surface area contributed by atoms with Crippen LogP contribution >= 0.6 is 11.3 Å². The first kappa shape index (κ1) is 22.8. The van der Waals surface area contributed by atoms with E-state index in [0.29, 0.717) is 12.2 Å². The van der Waals surface area contributed by atoms with Crippen molar-refractivity contribution < 1.29 is 14.7 Å². The minimum absolute atomic E-state index is 0.0421. The van der Waals surface area contributed by atoms with Gasteiger partial charge in [-0.05, 0) is 28.2 Å². The summed E-state index contributed by atoms with van der Waals surface area (Å²) in [5, 5.41) is 9.86. The Balaban J connectivity index is 2.04. The molecule has 3 rings (SSSR count). The molecule has 0 radical (unpaired) electrons. The van der Waals surface area contributed by atoms with Crippen LogP contribution in [0.5, 0.6) is 0 Å². The SMILES string of the molecule is CC(C)C(=O)N(Cc1ccc(C(C)(C)C)cc1)c1cc(-c2ccccc2)sc1C(=O)O. The predicted molar refractivity (Wildman–Crippen MR) is 128 cm³/mol. The molecule has 0 aliphatic carbocycles. The van der Waals surface area contributed by atoms with Crippen LogP contribution in [0.25, 0.3) is 10.4 Å². The fourth-order valence-electron chi connectivity index (χ4n) is 3.37. The van der Waals surface area contributed by atoms with Crippen molar-refractivity contribution >= 4 is 28.9 Å². The van der Waals surface area contributed by atoms with Crippen molar-refractivity contribution in [3.63, 3.8) is 0 Å². The van der Waals surface area contributed by atoms with E-state index in [1.54, 1.807) is 4.90 Å². The summed E-state index contributed by atoms with van der Waals surface area (Å²) in [6.45, 7) is 10.5. The van der Waals surface area contributed by atoms with Gasteiger partial charge in [-0.15, -0.1) is 11.3 Å². The van der Waals surface area contributed by atoms with Gasteiger partial charge in [-0.3, -0.25) is 4.79 Å². The van der Waals surface area contributed by atoms with E-state index in [1.165, 1.54) is 16.9 Å². The maximum atomic E-state index is 13.1. The van der Waals surface area contributed by atoms with E-state index in [0.717, 1.165) is 16.0 Å². The van der Waals surface area contributed by atoms with Crippen molar-refractivity contribution in [3.8, 4) is 10.4 Å².